The van der Waals surface area contributed by atoms with Crippen molar-refractivity contribution >= 4 is 29.2 Å². The molecule has 24 heavy (non-hydrogen) atoms. The Bertz CT molecular complexity index is 799. The van der Waals surface area contributed by atoms with E-state index in [4.69, 9.17) is 5.11 Å². The first-order valence-electron chi connectivity index (χ1n) is 7.46. The van der Waals surface area contributed by atoms with Crippen LogP contribution in [0.3, 0.4) is 0 Å². The molecule has 0 unspecified atom stereocenters. The summed E-state index contributed by atoms with van der Waals surface area (Å²) in [6, 6.07) is 11.1. The average molecular weight is 326 g/mol. The van der Waals surface area contributed by atoms with Crippen molar-refractivity contribution < 1.29 is 19.5 Å². The number of aryl methyl sites for hydroxylation is 1. The van der Waals surface area contributed by atoms with Gasteiger partial charge in [0.2, 0.25) is 5.91 Å². The number of rotatable bonds is 5. The molecular formula is C18H18N2O4. The molecule has 0 aliphatic heterocycles. The van der Waals surface area contributed by atoms with Crippen molar-refractivity contribution in [3.8, 4) is 0 Å². The number of nitrogens with one attached hydrogen (secondary N) is 2. The summed E-state index contributed by atoms with van der Waals surface area (Å²) in [6.07, 6.45) is 0.349. The van der Waals surface area contributed by atoms with E-state index in [2.05, 4.69) is 10.6 Å². The fourth-order valence-electron chi connectivity index (χ4n) is 2.14. The van der Waals surface area contributed by atoms with Gasteiger partial charge in [-0.3, -0.25) is 9.59 Å². The zero-order valence-corrected chi connectivity index (χ0v) is 13.4. The zero-order valence-electron chi connectivity index (χ0n) is 13.4. The van der Waals surface area contributed by atoms with Crippen LogP contribution in [0.1, 0.15) is 39.6 Å². The second-order valence-corrected chi connectivity index (χ2v) is 5.24. The Balaban J connectivity index is 2.25. The molecule has 2 aromatic rings. The number of carboxylic acids is 1. The lowest BCUT2D eigenvalue weighted by Crippen LogP contribution is -2.17. The van der Waals surface area contributed by atoms with Crippen molar-refractivity contribution in [3.05, 3.63) is 59.2 Å². The van der Waals surface area contributed by atoms with Gasteiger partial charge < -0.3 is 15.7 Å². The lowest BCUT2D eigenvalue weighted by Gasteiger charge is -2.12. The van der Waals surface area contributed by atoms with Crippen LogP contribution in [-0.4, -0.2) is 22.9 Å². The molecule has 0 aliphatic carbocycles. The highest BCUT2D eigenvalue weighted by Gasteiger charge is 2.16. The highest BCUT2D eigenvalue weighted by atomic mass is 16.4. The highest BCUT2D eigenvalue weighted by Crippen LogP contribution is 2.21. The van der Waals surface area contributed by atoms with Crippen LogP contribution in [0, 0.1) is 6.92 Å². The number of carboxylic acid groups (broad SMARTS) is 1. The number of anilines is 2. The van der Waals surface area contributed by atoms with E-state index in [0.29, 0.717) is 17.8 Å². The Kier molecular flexibility index (Phi) is 5.31. The maximum Gasteiger partial charge on any atom is 0.336 e. The molecule has 6 heteroatoms. The molecular weight excluding hydrogens is 308 g/mol. The van der Waals surface area contributed by atoms with E-state index in [1.165, 1.54) is 12.1 Å². The van der Waals surface area contributed by atoms with Crippen molar-refractivity contribution in [3.63, 3.8) is 0 Å². The molecule has 2 rings (SSSR count). The Morgan fingerprint density at radius 3 is 2.29 bits per heavy atom. The summed E-state index contributed by atoms with van der Waals surface area (Å²) in [5, 5.41) is 14.6. The van der Waals surface area contributed by atoms with Crippen molar-refractivity contribution in [2.75, 3.05) is 10.6 Å². The zero-order chi connectivity index (χ0) is 17.7. The van der Waals surface area contributed by atoms with Gasteiger partial charge in [0.25, 0.3) is 5.91 Å². The van der Waals surface area contributed by atoms with E-state index in [9.17, 15) is 14.4 Å². The van der Waals surface area contributed by atoms with Crippen molar-refractivity contribution in [2.24, 2.45) is 0 Å². The van der Waals surface area contributed by atoms with Gasteiger partial charge in [-0.05, 0) is 36.8 Å². The number of amides is 2. The lowest BCUT2D eigenvalue weighted by molar-refractivity contribution is -0.115. The molecule has 0 aliphatic rings. The largest absolute Gasteiger partial charge is 0.478 e. The van der Waals surface area contributed by atoms with Gasteiger partial charge in [-0.25, -0.2) is 4.79 Å². The molecule has 0 radical (unpaired) electrons. The minimum absolute atomic E-state index is 0.0679. The number of carbonyl (C=O) groups excluding carboxylic acids is 2. The first-order valence-corrected chi connectivity index (χ1v) is 7.46. The summed E-state index contributed by atoms with van der Waals surface area (Å²) in [5.74, 6) is -1.82. The average Bonchev–Trinajstić information content (AvgIpc) is 2.57. The third-order valence-electron chi connectivity index (χ3n) is 3.49. The first kappa shape index (κ1) is 17.2. The standard InChI is InChI=1S/C18H18N2O4/c1-3-16(21)20-15-10-12(9-8-11(15)2)19-17(22)13-6-4-5-7-14(13)18(23)24/h4-10H,3H2,1-2H3,(H,19,22)(H,20,21)(H,23,24). The van der Waals surface area contributed by atoms with Gasteiger partial charge >= 0.3 is 5.97 Å². The second kappa shape index (κ2) is 7.41. The van der Waals surface area contributed by atoms with E-state index in [1.807, 2.05) is 6.92 Å². The normalized spacial score (nSPS) is 10.1. The van der Waals surface area contributed by atoms with Crippen molar-refractivity contribution in [1.29, 1.82) is 0 Å². The van der Waals surface area contributed by atoms with E-state index >= 15 is 0 Å². The quantitative estimate of drug-likeness (QED) is 0.785. The monoisotopic (exact) mass is 326 g/mol. The molecule has 0 bridgehead atoms. The summed E-state index contributed by atoms with van der Waals surface area (Å²) in [5.41, 5.74) is 1.94. The third kappa shape index (κ3) is 3.98. The number of hydrogen-bond donors (Lipinski definition) is 3. The number of aromatic carboxylic acids is 1. The molecule has 6 nitrogen and oxygen atoms in total. The van der Waals surface area contributed by atoms with Crippen LogP contribution in [0.25, 0.3) is 0 Å². The van der Waals surface area contributed by atoms with Crippen LogP contribution >= 0.6 is 0 Å². The molecule has 0 spiro atoms. The third-order valence-corrected chi connectivity index (χ3v) is 3.49. The van der Waals surface area contributed by atoms with Crippen molar-refractivity contribution in [1.82, 2.24) is 0 Å². The van der Waals surface area contributed by atoms with E-state index in [-0.39, 0.29) is 17.0 Å². The van der Waals surface area contributed by atoms with E-state index in [0.717, 1.165) is 5.56 Å². The van der Waals surface area contributed by atoms with Gasteiger partial charge in [-0.15, -0.1) is 0 Å². The van der Waals surface area contributed by atoms with Gasteiger partial charge in [0, 0.05) is 17.8 Å². The topological polar surface area (TPSA) is 95.5 Å². The fourth-order valence-corrected chi connectivity index (χ4v) is 2.14. The first-order chi connectivity index (χ1) is 11.4. The molecule has 0 saturated carbocycles. The summed E-state index contributed by atoms with van der Waals surface area (Å²) in [4.78, 5) is 35.1. The summed E-state index contributed by atoms with van der Waals surface area (Å²) in [7, 11) is 0. The lowest BCUT2D eigenvalue weighted by atomic mass is 10.1. The summed E-state index contributed by atoms with van der Waals surface area (Å²) in [6.45, 7) is 3.59. The van der Waals surface area contributed by atoms with Crippen LogP contribution in [0.5, 0.6) is 0 Å². The van der Waals surface area contributed by atoms with Gasteiger partial charge in [0.05, 0.1) is 11.1 Å². The van der Waals surface area contributed by atoms with E-state index < -0.39 is 11.9 Å². The van der Waals surface area contributed by atoms with Gasteiger partial charge in [0.15, 0.2) is 0 Å². The molecule has 0 heterocycles. The van der Waals surface area contributed by atoms with Crippen LogP contribution < -0.4 is 10.6 Å². The molecule has 2 amide bonds. The highest BCUT2D eigenvalue weighted by molar-refractivity contribution is 6.10. The predicted octanol–water partition coefficient (Wildman–Crippen LogP) is 3.29. The molecule has 124 valence electrons. The van der Waals surface area contributed by atoms with Crippen LogP contribution in [0.2, 0.25) is 0 Å². The minimum atomic E-state index is -1.17. The van der Waals surface area contributed by atoms with Crippen molar-refractivity contribution in [2.45, 2.75) is 20.3 Å². The fraction of sp³-hybridized carbons (Fsp3) is 0.167. The van der Waals surface area contributed by atoms with Gasteiger partial charge in [-0.2, -0.15) is 0 Å². The Morgan fingerprint density at radius 1 is 1.00 bits per heavy atom. The van der Waals surface area contributed by atoms with Crippen LogP contribution in [0.15, 0.2) is 42.5 Å². The molecule has 2 aromatic carbocycles. The molecule has 0 atom stereocenters. The maximum atomic E-state index is 12.4. The number of carbonyl (C=O) groups is 3. The molecule has 3 N–H and O–H groups in total. The molecule has 0 saturated heterocycles. The minimum Gasteiger partial charge on any atom is -0.478 e. The smallest absolute Gasteiger partial charge is 0.336 e. The van der Waals surface area contributed by atoms with E-state index in [1.54, 1.807) is 37.3 Å². The molecule has 0 fully saturated rings. The molecule has 0 aromatic heterocycles. The maximum absolute atomic E-state index is 12.4. The Morgan fingerprint density at radius 2 is 1.67 bits per heavy atom. The number of hydrogen-bond acceptors (Lipinski definition) is 3. The predicted molar refractivity (Wildman–Crippen MR) is 91.5 cm³/mol. The van der Waals surface area contributed by atoms with Gasteiger partial charge in [0.1, 0.15) is 0 Å². The SMILES string of the molecule is CCC(=O)Nc1cc(NC(=O)c2ccccc2C(=O)O)ccc1C. The number of benzene rings is 2. The summed E-state index contributed by atoms with van der Waals surface area (Å²) < 4.78 is 0. The Hall–Kier alpha value is -3.15. The van der Waals surface area contributed by atoms with Crippen LogP contribution in [0.4, 0.5) is 11.4 Å². The Labute approximate surface area is 139 Å². The second-order valence-electron chi connectivity index (χ2n) is 5.24. The summed E-state index contributed by atoms with van der Waals surface area (Å²) >= 11 is 0. The van der Waals surface area contributed by atoms with Crippen LogP contribution in [-0.2, 0) is 4.79 Å². The van der Waals surface area contributed by atoms with Gasteiger partial charge in [-0.1, -0.05) is 25.1 Å².